The molecular formula is C25H32O2. The molecule has 1 aliphatic rings. The van der Waals surface area contributed by atoms with Crippen LogP contribution in [-0.4, -0.2) is 10.2 Å². The van der Waals surface area contributed by atoms with Gasteiger partial charge < -0.3 is 10.2 Å². The van der Waals surface area contributed by atoms with Gasteiger partial charge in [-0.05, 0) is 77.6 Å². The van der Waals surface area contributed by atoms with Crippen molar-refractivity contribution in [2.75, 3.05) is 0 Å². The van der Waals surface area contributed by atoms with Crippen molar-refractivity contribution in [1.82, 2.24) is 0 Å². The molecule has 144 valence electrons. The molecule has 0 radical (unpaired) electrons. The molecule has 0 atom stereocenters. The van der Waals surface area contributed by atoms with Crippen molar-refractivity contribution in [2.24, 2.45) is 0 Å². The zero-order valence-corrected chi connectivity index (χ0v) is 17.0. The van der Waals surface area contributed by atoms with Crippen molar-refractivity contribution < 1.29 is 10.2 Å². The third-order valence-corrected chi connectivity index (χ3v) is 5.70. The predicted molar refractivity (Wildman–Crippen MR) is 114 cm³/mol. The van der Waals surface area contributed by atoms with Gasteiger partial charge in [0.15, 0.2) is 0 Å². The molecule has 1 saturated carbocycles. The summed E-state index contributed by atoms with van der Waals surface area (Å²) in [5.74, 6) is 1.28. The summed E-state index contributed by atoms with van der Waals surface area (Å²) in [4.78, 5) is 0. The number of phenolic OH excluding ortho intramolecular Hbond substituents is 2. The van der Waals surface area contributed by atoms with Crippen LogP contribution in [0.25, 0.3) is 12.2 Å². The maximum Gasteiger partial charge on any atom is 0.122 e. The number of hydrogen-bond donors (Lipinski definition) is 2. The zero-order valence-electron chi connectivity index (χ0n) is 17.0. The van der Waals surface area contributed by atoms with Crippen LogP contribution in [0.5, 0.6) is 11.5 Å². The Labute approximate surface area is 163 Å². The summed E-state index contributed by atoms with van der Waals surface area (Å²) in [7, 11) is 0. The summed E-state index contributed by atoms with van der Waals surface area (Å²) < 4.78 is 0. The van der Waals surface area contributed by atoms with Gasteiger partial charge in [-0.15, -0.1) is 0 Å². The molecule has 2 aromatic rings. The normalized spacial score (nSPS) is 16.1. The summed E-state index contributed by atoms with van der Waals surface area (Å²) >= 11 is 0. The molecule has 2 aromatic carbocycles. The van der Waals surface area contributed by atoms with E-state index in [1.165, 1.54) is 32.1 Å². The molecule has 2 nitrogen and oxygen atoms in total. The number of phenols is 2. The van der Waals surface area contributed by atoms with Crippen LogP contribution in [0.4, 0.5) is 0 Å². The summed E-state index contributed by atoms with van der Waals surface area (Å²) in [5, 5.41) is 20.7. The van der Waals surface area contributed by atoms with Gasteiger partial charge in [0.05, 0.1) is 0 Å². The first-order valence-corrected chi connectivity index (χ1v) is 10.1. The SMILES string of the molecule is Cc1cc(/C=C/c2cc(C3CCCCC3)c(O)c(C(C)(C)C)c2)ccc1O. The Morgan fingerprint density at radius 3 is 2.19 bits per heavy atom. The van der Waals surface area contributed by atoms with Crippen molar-refractivity contribution >= 4 is 12.2 Å². The monoisotopic (exact) mass is 364 g/mol. The molecule has 2 N–H and O–H groups in total. The lowest BCUT2D eigenvalue weighted by molar-refractivity contribution is 0.403. The van der Waals surface area contributed by atoms with Crippen molar-refractivity contribution in [3.8, 4) is 11.5 Å². The first-order chi connectivity index (χ1) is 12.8. The molecule has 0 heterocycles. The number of benzene rings is 2. The second-order valence-corrected chi connectivity index (χ2v) is 8.97. The second-order valence-electron chi connectivity index (χ2n) is 8.97. The fourth-order valence-electron chi connectivity index (χ4n) is 4.05. The van der Waals surface area contributed by atoms with Gasteiger partial charge >= 0.3 is 0 Å². The van der Waals surface area contributed by atoms with Crippen LogP contribution in [0.2, 0.25) is 0 Å². The van der Waals surface area contributed by atoms with E-state index in [2.05, 4.69) is 45.1 Å². The Hall–Kier alpha value is -2.22. The molecular weight excluding hydrogens is 332 g/mol. The zero-order chi connectivity index (χ0) is 19.6. The van der Waals surface area contributed by atoms with Crippen molar-refractivity contribution in [2.45, 2.75) is 71.1 Å². The first kappa shape index (κ1) is 19.5. The fourth-order valence-corrected chi connectivity index (χ4v) is 4.05. The molecule has 3 rings (SSSR count). The Morgan fingerprint density at radius 2 is 1.56 bits per heavy atom. The van der Waals surface area contributed by atoms with E-state index in [1.54, 1.807) is 6.07 Å². The predicted octanol–water partition coefficient (Wildman–Crippen LogP) is 6.92. The highest BCUT2D eigenvalue weighted by Gasteiger charge is 2.25. The Balaban J connectivity index is 2.00. The first-order valence-electron chi connectivity index (χ1n) is 10.1. The number of aryl methyl sites for hydroxylation is 1. The van der Waals surface area contributed by atoms with E-state index in [-0.39, 0.29) is 5.41 Å². The van der Waals surface area contributed by atoms with Gasteiger partial charge in [-0.2, -0.15) is 0 Å². The maximum absolute atomic E-state index is 11.0. The molecule has 2 heteroatoms. The van der Waals surface area contributed by atoms with Crippen molar-refractivity contribution in [3.05, 3.63) is 58.1 Å². The van der Waals surface area contributed by atoms with Gasteiger partial charge in [-0.1, -0.05) is 58.3 Å². The van der Waals surface area contributed by atoms with Crippen molar-refractivity contribution in [3.63, 3.8) is 0 Å². The Morgan fingerprint density at radius 1 is 0.889 bits per heavy atom. The Bertz CT molecular complexity index is 834. The molecule has 0 amide bonds. The quantitative estimate of drug-likeness (QED) is 0.580. The lowest BCUT2D eigenvalue weighted by Crippen LogP contribution is -2.14. The van der Waals surface area contributed by atoms with E-state index < -0.39 is 0 Å². The fraction of sp³-hybridized carbons (Fsp3) is 0.440. The second kappa shape index (κ2) is 7.80. The minimum Gasteiger partial charge on any atom is -0.508 e. The topological polar surface area (TPSA) is 40.5 Å². The standard InChI is InChI=1S/C25H32O2/c1-17-14-18(12-13-23(17)26)10-11-19-15-21(20-8-6-5-7-9-20)24(27)22(16-19)25(2,3)4/h10-16,20,26-27H,5-9H2,1-4H3/b11-10+. The molecule has 1 aliphatic carbocycles. The number of aromatic hydroxyl groups is 2. The van der Waals surface area contributed by atoms with Crippen LogP contribution in [0.1, 0.15) is 86.6 Å². The van der Waals surface area contributed by atoms with Crippen LogP contribution in [0.3, 0.4) is 0 Å². The largest absolute Gasteiger partial charge is 0.508 e. The average Bonchev–Trinajstić information content (AvgIpc) is 2.63. The van der Waals surface area contributed by atoms with E-state index in [0.717, 1.165) is 27.8 Å². The van der Waals surface area contributed by atoms with E-state index in [4.69, 9.17) is 0 Å². The highest BCUT2D eigenvalue weighted by Crippen LogP contribution is 2.42. The summed E-state index contributed by atoms with van der Waals surface area (Å²) in [6.45, 7) is 8.38. The highest BCUT2D eigenvalue weighted by molar-refractivity contribution is 5.72. The van der Waals surface area contributed by atoms with E-state index in [0.29, 0.717) is 17.4 Å². The molecule has 0 spiro atoms. The number of rotatable bonds is 3. The van der Waals surface area contributed by atoms with Crippen molar-refractivity contribution in [1.29, 1.82) is 0 Å². The van der Waals surface area contributed by atoms with Gasteiger partial charge in [0, 0.05) is 5.56 Å². The van der Waals surface area contributed by atoms with Crippen LogP contribution in [0.15, 0.2) is 30.3 Å². The van der Waals surface area contributed by atoms with Crippen LogP contribution < -0.4 is 0 Å². The van der Waals surface area contributed by atoms with Gasteiger partial charge in [0.25, 0.3) is 0 Å². The molecule has 0 aromatic heterocycles. The minimum atomic E-state index is -0.105. The van der Waals surface area contributed by atoms with Crippen LogP contribution in [-0.2, 0) is 5.41 Å². The lowest BCUT2D eigenvalue weighted by Gasteiger charge is -2.28. The van der Waals surface area contributed by atoms with E-state index >= 15 is 0 Å². The molecule has 0 unspecified atom stereocenters. The van der Waals surface area contributed by atoms with E-state index in [1.807, 2.05) is 19.1 Å². The average molecular weight is 365 g/mol. The third-order valence-electron chi connectivity index (χ3n) is 5.70. The summed E-state index contributed by atoms with van der Waals surface area (Å²) in [5.41, 5.74) is 5.10. The van der Waals surface area contributed by atoms with Crippen LogP contribution >= 0.6 is 0 Å². The molecule has 0 bridgehead atoms. The molecule has 0 aliphatic heterocycles. The lowest BCUT2D eigenvalue weighted by atomic mass is 9.78. The maximum atomic E-state index is 11.0. The minimum absolute atomic E-state index is 0.105. The van der Waals surface area contributed by atoms with Gasteiger partial charge in [-0.25, -0.2) is 0 Å². The van der Waals surface area contributed by atoms with Gasteiger partial charge in [0.2, 0.25) is 0 Å². The van der Waals surface area contributed by atoms with E-state index in [9.17, 15) is 10.2 Å². The summed E-state index contributed by atoms with van der Waals surface area (Å²) in [6.07, 6.45) is 10.3. The van der Waals surface area contributed by atoms with Crippen LogP contribution in [0, 0.1) is 6.92 Å². The molecule has 27 heavy (non-hydrogen) atoms. The number of hydrogen-bond acceptors (Lipinski definition) is 2. The summed E-state index contributed by atoms with van der Waals surface area (Å²) in [6, 6.07) is 9.93. The molecule has 0 saturated heterocycles. The Kier molecular flexibility index (Phi) is 5.64. The smallest absolute Gasteiger partial charge is 0.122 e. The van der Waals surface area contributed by atoms with Gasteiger partial charge in [-0.3, -0.25) is 0 Å². The highest BCUT2D eigenvalue weighted by atomic mass is 16.3. The molecule has 1 fully saturated rings. The third kappa shape index (κ3) is 4.55. The van der Waals surface area contributed by atoms with Gasteiger partial charge in [0.1, 0.15) is 11.5 Å².